The van der Waals surface area contributed by atoms with Crippen molar-refractivity contribution in [1.29, 1.82) is 0 Å². The molecule has 1 heterocycles. The summed E-state index contributed by atoms with van der Waals surface area (Å²) in [6.45, 7) is 1.25. The molecule has 21 heavy (non-hydrogen) atoms. The predicted molar refractivity (Wildman–Crippen MR) is 69.5 cm³/mol. The minimum absolute atomic E-state index is 0.367. The van der Waals surface area contributed by atoms with Crippen LogP contribution in [0.25, 0.3) is 0 Å². The van der Waals surface area contributed by atoms with Crippen molar-refractivity contribution >= 4 is 16.0 Å². The lowest BCUT2D eigenvalue weighted by atomic mass is 10.1. The van der Waals surface area contributed by atoms with Crippen LogP contribution in [0.1, 0.15) is 23.2 Å². The van der Waals surface area contributed by atoms with Crippen molar-refractivity contribution in [1.82, 2.24) is 10.0 Å². The molecule has 1 aromatic rings. The second-order valence-electron chi connectivity index (χ2n) is 4.69. The summed E-state index contributed by atoms with van der Waals surface area (Å²) in [6, 6.07) is 0.985. The standard InChI is InChI=1S/C12H14F2N2O4S/c13-8-1-2-9(11(14)10(8)12(17)18)21(19,20)16-7-3-5-15-6-4-7/h1-2,7,15-16H,3-6H2,(H,17,18). The first-order valence-electron chi connectivity index (χ1n) is 6.27. The molecule has 0 aromatic heterocycles. The molecule has 9 heteroatoms. The number of sulfonamides is 1. The summed E-state index contributed by atoms with van der Waals surface area (Å²) in [5.74, 6) is -4.77. The van der Waals surface area contributed by atoms with Gasteiger partial charge in [0.1, 0.15) is 16.3 Å². The van der Waals surface area contributed by atoms with Crippen LogP contribution in [0, 0.1) is 11.6 Å². The van der Waals surface area contributed by atoms with E-state index in [1.807, 2.05) is 0 Å². The molecular formula is C12H14F2N2O4S. The van der Waals surface area contributed by atoms with Crippen LogP contribution in [-0.4, -0.2) is 38.6 Å². The number of hydrogen-bond donors (Lipinski definition) is 3. The summed E-state index contributed by atoms with van der Waals surface area (Å²) >= 11 is 0. The maximum Gasteiger partial charge on any atom is 0.341 e. The van der Waals surface area contributed by atoms with Crippen LogP contribution in [-0.2, 0) is 10.0 Å². The van der Waals surface area contributed by atoms with Gasteiger partial charge in [0.25, 0.3) is 0 Å². The Hall–Kier alpha value is -1.58. The van der Waals surface area contributed by atoms with E-state index in [4.69, 9.17) is 5.11 Å². The van der Waals surface area contributed by atoms with Gasteiger partial charge in [-0.2, -0.15) is 0 Å². The molecule has 0 radical (unpaired) electrons. The van der Waals surface area contributed by atoms with Gasteiger partial charge < -0.3 is 10.4 Å². The minimum atomic E-state index is -4.25. The Morgan fingerprint density at radius 1 is 1.29 bits per heavy atom. The average Bonchev–Trinajstić information content (AvgIpc) is 2.38. The van der Waals surface area contributed by atoms with Crippen LogP contribution in [0.2, 0.25) is 0 Å². The number of carboxylic acid groups (broad SMARTS) is 1. The number of aromatic carboxylic acids is 1. The van der Waals surface area contributed by atoms with Gasteiger partial charge in [0.15, 0.2) is 5.82 Å². The van der Waals surface area contributed by atoms with Crippen molar-refractivity contribution in [3.63, 3.8) is 0 Å². The highest BCUT2D eigenvalue weighted by Crippen LogP contribution is 2.22. The number of nitrogens with one attached hydrogen (secondary N) is 2. The summed E-state index contributed by atoms with van der Waals surface area (Å²) in [6.07, 6.45) is 1.07. The Labute approximate surface area is 120 Å². The Bertz CT molecular complexity index is 657. The zero-order valence-electron chi connectivity index (χ0n) is 10.9. The van der Waals surface area contributed by atoms with Crippen LogP contribution >= 0.6 is 0 Å². The zero-order valence-corrected chi connectivity index (χ0v) is 11.7. The Morgan fingerprint density at radius 3 is 2.48 bits per heavy atom. The average molecular weight is 320 g/mol. The molecule has 0 atom stereocenters. The molecule has 0 spiro atoms. The topological polar surface area (TPSA) is 95.5 Å². The molecule has 3 N–H and O–H groups in total. The van der Waals surface area contributed by atoms with Crippen molar-refractivity contribution in [3.05, 3.63) is 29.3 Å². The van der Waals surface area contributed by atoms with Gasteiger partial charge in [-0.25, -0.2) is 26.7 Å². The number of halogens is 2. The Morgan fingerprint density at radius 2 is 1.90 bits per heavy atom. The molecule has 1 fully saturated rings. The van der Waals surface area contributed by atoms with Gasteiger partial charge in [-0.05, 0) is 38.1 Å². The summed E-state index contributed by atoms with van der Waals surface area (Å²) in [5.41, 5.74) is -1.27. The van der Waals surface area contributed by atoms with E-state index in [1.165, 1.54) is 0 Å². The summed E-state index contributed by atoms with van der Waals surface area (Å²) < 4.78 is 53.8. The molecule has 0 bridgehead atoms. The lowest BCUT2D eigenvalue weighted by molar-refractivity contribution is 0.0685. The highest BCUT2D eigenvalue weighted by atomic mass is 32.2. The van der Waals surface area contributed by atoms with Crippen molar-refractivity contribution in [2.45, 2.75) is 23.8 Å². The van der Waals surface area contributed by atoms with Crippen LogP contribution in [0.5, 0.6) is 0 Å². The summed E-state index contributed by atoms with van der Waals surface area (Å²) in [4.78, 5) is 9.95. The van der Waals surface area contributed by atoms with Gasteiger partial charge in [0, 0.05) is 6.04 Å². The first kappa shape index (κ1) is 15.8. The molecule has 6 nitrogen and oxygen atoms in total. The molecule has 0 aliphatic carbocycles. The third-order valence-electron chi connectivity index (χ3n) is 3.22. The van der Waals surface area contributed by atoms with Gasteiger partial charge in [-0.1, -0.05) is 0 Å². The van der Waals surface area contributed by atoms with Crippen LogP contribution in [0.4, 0.5) is 8.78 Å². The normalized spacial score (nSPS) is 16.9. The highest BCUT2D eigenvalue weighted by Gasteiger charge is 2.29. The molecule has 116 valence electrons. The fourth-order valence-electron chi connectivity index (χ4n) is 2.16. The molecule has 1 aliphatic heterocycles. The molecule has 2 rings (SSSR count). The number of carbonyl (C=O) groups is 1. The predicted octanol–water partition coefficient (Wildman–Crippen LogP) is 0.693. The Balaban J connectivity index is 2.36. The summed E-state index contributed by atoms with van der Waals surface area (Å²) in [5, 5.41) is 11.8. The maximum atomic E-state index is 14.0. The molecule has 1 aliphatic rings. The number of piperidine rings is 1. The van der Waals surface area contributed by atoms with Gasteiger partial charge in [0.2, 0.25) is 10.0 Å². The van der Waals surface area contributed by atoms with Gasteiger partial charge >= 0.3 is 5.97 Å². The molecule has 0 amide bonds. The minimum Gasteiger partial charge on any atom is -0.477 e. The smallest absolute Gasteiger partial charge is 0.341 e. The van der Waals surface area contributed by atoms with Gasteiger partial charge in [-0.15, -0.1) is 0 Å². The quantitative estimate of drug-likeness (QED) is 0.759. The van der Waals surface area contributed by atoms with Gasteiger partial charge in [0.05, 0.1) is 0 Å². The molecule has 1 aromatic carbocycles. The molecule has 1 saturated heterocycles. The van der Waals surface area contributed by atoms with E-state index in [-0.39, 0.29) is 6.04 Å². The number of benzene rings is 1. The molecular weight excluding hydrogens is 306 g/mol. The zero-order chi connectivity index (χ0) is 15.6. The first-order valence-corrected chi connectivity index (χ1v) is 7.75. The number of rotatable bonds is 4. The van der Waals surface area contributed by atoms with E-state index in [0.717, 1.165) is 6.07 Å². The molecule has 0 unspecified atom stereocenters. The third-order valence-corrected chi connectivity index (χ3v) is 4.76. The van der Waals surface area contributed by atoms with E-state index in [2.05, 4.69) is 10.0 Å². The highest BCUT2D eigenvalue weighted by molar-refractivity contribution is 7.89. The van der Waals surface area contributed by atoms with Crippen LogP contribution in [0.15, 0.2) is 17.0 Å². The van der Waals surface area contributed by atoms with E-state index in [0.29, 0.717) is 32.0 Å². The number of carboxylic acids is 1. The van der Waals surface area contributed by atoms with Crippen LogP contribution < -0.4 is 10.0 Å². The van der Waals surface area contributed by atoms with Crippen molar-refractivity contribution < 1.29 is 27.1 Å². The largest absolute Gasteiger partial charge is 0.477 e. The fraction of sp³-hybridized carbons (Fsp3) is 0.417. The van der Waals surface area contributed by atoms with Crippen molar-refractivity contribution in [2.24, 2.45) is 0 Å². The molecule has 0 saturated carbocycles. The monoisotopic (exact) mass is 320 g/mol. The number of hydrogen-bond acceptors (Lipinski definition) is 4. The lowest BCUT2D eigenvalue weighted by Crippen LogP contribution is -2.42. The third kappa shape index (κ3) is 3.36. The second kappa shape index (κ2) is 6.04. The summed E-state index contributed by atoms with van der Waals surface area (Å²) in [7, 11) is -4.25. The van der Waals surface area contributed by atoms with Crippen LogP contribution in [0.3, 0.4) is 0 Å². The van der Waals surface area contributed by atoms with E-state index < -0.39 is 38.1 Å². The maximum absolute atomic E-state index is 14.0. The van der Waals surface area contributed by atoms with E-state index in [1.54, 1.807) is 0 Å². The van der Waals surface area contributed by atoms with Gasteiger partial charge in [-0.3, -0.25) is 0 Å². The first-order chi connectivity index (χ1) is 9.83. The van der Waals surface area contributed by atoms with Crippen molar-refractivity contribution in [2.75, 3.05) is 13.1 Å². The SMILES string of the molecule is O=C(O)c1c(F)ccc(S(=O)(=O)NC2CCNCC2)c1F. The van der Waals surface area contributed by atoms with E-state index >= 15 is 0 Å². The Kier molecular flexibility index (Phi) is 4.55. The lowest BCUT2D eigenvalue weighted by Gasteiger charge is -2.23. The fourth-order valence-corrected chi connectivity index (χ4v) is 3.55. The second-order valence-corrected chi connectivity index (χ2v) is 6.37. The van der Waals surface area contributed by atoms with Crippen molar-refractivity contribution in [3.8, 4) is 0 Å². The van der Waals surface area contributed by atoms with E-state index in [9.17, 15) is 22.0 Å².